The molecule has 1 rings (SSSR count). The lowest BCUT2D eigenvalue weighted by atomic mass is 10.0. The van der Waals surface area contributed by atoms with Gasteiger partial charge in [0.2, 0.25) is 22.2 Å². The average molecular weight is 547 g/mol. The minimum atomic E-state index is -3.58. The average Bonchev–Trinajstić information content (AvgIpc) is 3.24. The van der Waals surface area contributed by atoms with Gasteiger partial charge in [-0.05, 0) is 25.2 Å². The van der Waals surface area contributed by atoms with Crippen LogP contribution in [-0.2, 0) is 29.1 Å². The van der Waals surface area contributed by atoms with Crippen LogP contribution in [0.15, 0.2) is 0 Å². The second-order valence-corrected chi connectivity index (χ2v) is 12.8. The molecule has 0 aliphatic carbocycles. The van der Waals surface area contributed by atoms with Crippen LogP contribution >= 0.6 is 0 Å². The maximum absolute atomic E-state index is 12.9. The molecule has 1 aliphatic heterocycles. The van der Waals surface area contributed by atoms with Crippen molar-refractivity contribution in [3.63, 3.8) is 0 Å². The molecule has 0 aromatic carbocycles. The minimum Gasteiger partial charge on any atom is -0.434 e. The molecule has 9 heteroatoms. The number of sulfonamides is 1. The summed E-state index contributed by atoms with van der Waals surface area (Å²) in [6.45, 7) is 7.79. The summed E-state index contributed by atoms with van der Waals surface area (Å²) in [4.78, 5) is 24.2. The van der Waals surface area contributed by atoms with E-state index in [0.717, 1.165) is 19.3 Å². The Morgan fingerprint density at radius 3 is 1.89 bits per heavy atom. The van der Waals surface area contributed by atoms with E-state index in [0.29, 0.717) is 25.9 Å². The zero-order valence-corrected chi connectivity index (χ0v) is 24.7. The lowest BCUT2D eigenvalue weighted by Gasteiger charge is -2.24. The molecule has 0 aromatic heterocycles. The monoisotopic (exact) mass is 546 g/mol. The smallest absolute Gasteiger partial charge is 0.305 e. The third-order valence-corrected chi connectivity index (χ3v) is 8.23. The molecule has 1 heterocycles. The molecular weight excluding hydrogens is 492 g/mol. The Hall–Kier alpha value is -1.19. The Balaban J connectivity index is 2.27. The van der Waals surface area contributed by atoms with Gasteiger partial charge in [0, 0.05) is 6.92 Å². The molecule has 0 spiro atoms. The Labute approximate surface area is 226 Å². The van der Waals surface area contributed by atoms with Crippen LogP contribution in [0.3, 0.4) is 0 Å². The van der Waals surface area contributed by atoms with Crippen molar-refractivity contribution in [3.8, 4) is 0 Å². The van der Waals surface area contributed by atoms with Crippen molar-refractivity contribution >= 4 is 21.9 Å². The van der Waals surface area contributed by atoms with Gasteiger partial charge in [0.25, 0.3) is 0 Å². The zero-order valence-electron chi connectivity index (χ0n) is 23.9. The molecule has 0 saturated carbocycles. The number of nitrogens with one attached hydrogen (secondary N) is 2. The highest BCUT2D eigenvalue weighted by Crippen LogP contribution is 2.17. The Morgan fingerprint density at radius 1 is 0.892 bits per heavy atom. The summed E-state index contributed by atoms with van der Waals surface area (Å²) >= 11 is 0. The van der Waals surface area contributed by atoms with E-state index in [2.05, 4.69) is 17.0 Å². The highest BCUT2D eigenvalue weighted by Gasteiger charge is 2.34. The SMILES string of the molecule is CCCCCCCCCCCCCCCCS(=O)(=O)NC(CC(C)C)C(=O)N[C@H]1CCO[C@H]1OC(C)=O. The summed E-state index contributed by atoms with van der Waals surface area (Å²) in [7, 11) is -3.58. The van der Waals surface area contributed by atoms with Gasteiger partial charge in [0.05, 0.1) is 18.4 Å². The van der Waals surface area contributed by atoms with Crippen molar-refractivity contribution in [1.29, 1.82) is 0 Å². The van der Waals surface area contributed by atoms with Crippen molar-refractivity contribution in [3.05, 3.63) is 0 Å². The quantitative estimate of drug-likeness (QED) is 0.135. The van der Waals surface area contributed by atoms with E-state index in [1.54, 1.807) is 0 Å². The first kappa shape index (κ1) is 33.8. The summed E-state index contributed by atoms with van der Waals surface area (Å²) in [6.07, 6.45) is 17.0. The van der Waals surface area contributed by atoms with Crippen LogP contribution < -0.4 is 10.0 Å². The van der Waals surface area contributed by atoms with Crippen LogP contribution in [0, 0.1) is 5.92 Å². The summed E-state index contributed by atoms with van der Waals surface area (Å²) in [6, 6.07) is -1.35. The van der Waals surface area contributed by atoms with E-state index in [1.807, 2.05) is 13.8 Å². The van der Waals surface area contributed by atoms with Gasteiger partial charge in [-0.2, -0.15) is 0 Å². The normalized spacial score (nSPS) is 18.7. The predicted octanol–water partition coefficient (Wildman–Crippen LogP) is 5.60. The fourth-order valence-corrected chi connectivity index (χ4v) is 6.05. The van der Waals surface area contributed by atoms with Gasteiger partial charge in [0.15, 0.2) is 0 Å². The third-order valence-electron chi connectivity index (χ3n) is 6.76. The van der Waals surface area contributed by atoms with Gasteiger partial charge < -0.3 is 14.8 Å². The van der Waals surface area contributed by atoms with E-state index in [-0.39, 0.29) is 11.7 Å². The number of ether oxygens (including phenoxy) is 2. The molecule has 3 atom stereocenters. The topological polar surface area (TPSA) is 111 Å². The summed E-state index contributed by atoms with van der Waals surface area (Å²) in [5.74, 6) is -0.747. The number of carbonyl (C=O) groups excluding carboxylic acids is 2. The van der Waals surface area contributed by atoms with Crippen molar-refractivity contribution in [2.45, 2.75) is 149 Å². The molecule has 2 N–H and O–H groups in total. The molecule has 1 amide bonds. The molecule has 0 radical (unpaired) electrons. The van der Waals surface area contributed by atoms with Crippen LogP contribution in [0.5, 0.6) is 0 Å². The predicted molar refractivity (Wildman–Crippen MR) is 149 cm³/mol. The van der Waals surface area contributed by atoms with Gasteiger partial charge in [-0.1, -0.05) is 104 Å². The minimum absolute atomic E-state index is 0.0233. The number of hydrogen-bond donors (Lipinski definition) is 2. The van der Waals surface area contributed by atoms with Gasteiger partial charge in [-0.15, -0.1) is 0 Å². The van der Waals surface area contributed by atoms with Crippen LogP contribution in [0.1, 0.15) is 130 Å². The van der Waals surface area contributed by atoms with Gasteiger partial charge in [0.1, 0.15) is 6.04 Å². The number of hydrogen-bond acceptors (Lipinski definition) is 6. The van der Waals surface area contributed by atoms with E-state index < -0.39 is 40.3 Å². The van der Waals surface area contributed by atoms with E-state index in [4.69, 9.17) is 9.47 Å². The van der Waals surface area contributed by atoms with E-state index >= 15 is 0 Å². The highest BCUT2D eigenvalue weighted by atomic mass is 32.2. The molecule has 0 bridgehead atoms. The molecule has 37 heavy (non-hydrogen) atoms. The fourth-order valence-electron chi connectivity index (χ4n) is 4.71. The Kier molecular flexibility index (Phi) is 18.1. The lowest BCUT2D eigenvalue weighted by molar-refractivity contribution is -0.170. The van der Waals surface area contributed by atoms with Crippen molar-refractivity contribution in [2.24, 2.45) is 5.92 Å². The molecule has 1 saturated heterocycles. The standard InChI is InChI=1S/C28H54N2O6S/c1-5-6-7-8-9-10-11-12-13-14-15-16-17-18-21-37(33,34)30-26(22-23(2)3)27(32)29-25-19-20-35-28(25)36-24(4)31/h23,25-26,28,30H,5-22H2,1-4H3,(H,29,32)/t25-,26?,28-/m0/s1. The molecule has 1 unspecified atom stereocenters. The number of unbranched alkanes of at least 4 members (excludes halogenated alkanes) is 13. The van der Waals surface area contributed by atoms with Gasteiger partial charge in [-0.3, -0.25) is 9.59 Å². The zero-order chi connectivity index (χ0) is 27.5. The van der Waals surface area contributed by atoms with Crippen LogP contribution in [0.2, 0.25) is 0 Å². The first-order chi connectivity index (χ1) is 17.6. The summed E-state index contributed by atoms with van der Waals surface area (Å²) in [5.41, 5.74) is 0. The second-order valence-electron chi connectivity index (χ2n) is 11.0. The maximum atomic E-state index is 12.9. The van der Waals surface area contributed by atoms with Crippen LogP contribution in [0.4, 0.5) is 0 Å². The highest BCUT2D eigenvalue weighted by molar-refractivity contribution is 7.89. The van der Waals surface area contributed by atoms with Crippen LogP contribution in [-0.4, -0.2) is 51.0 Å². The molecular formula is C28H54N2O6S. The second kappa shape index (κ2) is 19.8. The van der Waals surface area contributed by atoms with E-state index in [1.165, 1.54) is 71.1 Å². The first-order valence-electron chi connectivity index (χ1n) is 14.7. The fraction of sp³-hybridized carbons (Fsp3) is 0.929. The number of esters is 1. The number of carbonyl (C=O) groups is 2. The largest absolute Gasteiger partial charge is 0.434 e. The maximum Gasteiger partial charge on any atom is 0.305 e. The van der Waals surface area contributed by atoms with Crippen molar-refractivity contribution < 1.29 is 27.5 Å². The summed E-state index contributed by atoms with van der Waals surface area (Å²) in [5, 5.41) is 2.81. The molecule has 1 fully saturated rings. The molecule has 218 valence electrons. The molecule has 8 nitrogen and oxygen atoms in total. The van der Waals surface area contributed by atoms with Gasteiger partial charge >= 0.3 is 5.97 Å². The van der Waals surface area contributed by atoms with E-state index in [9.17, 15) is 18.0 Å². The Morgan fingerprint density at radius 2 is 1.41 bits per heavy atom. The number of amides is 1. The lowest BCUT2D eigenvalue weighted by Crippen LogP contribution is -2.52. The first-order valence-corrected chi connectivity index (χ1v) is 16.4. The van der Waals surface area contributed by atoms with Gasteiger partial charge in [-0.25, -0.2) is 13.1 Å². The summed E-state index contributed by atoms with van der Waals surface area (Å²) < 4.78 is 38.5. The van der Waals surface area contributed by atoms with Crippen molar-refractivity contribution in [2.75, 3.05) is 12.4 Å². The van der Waals surface area contributed by atoms with Crippen LogP contribution in [0.25, 0.3) is 0 Å². The molecule has 0 aromatic rings. The third kappa shape index (κ3) is 17.1. The van der Waals surface area contributed by atoms with Crippen molar-refractivity contribution in [1.82, 2.24) is 10.0 Å². The number of rotatable bonds is 22. The Bertz CT molecular complexity index is 728. The molecule has 1 aliphatic rings.